The monoisotopic (exact) mass is 402 g/mol. The van der Waals surface area contributed by atoms with Gasteiger partial charge in [-0.1, -0.05) is 0 Å². The van der Waals surface area contributed by atoms with Crippen molar-refractivity contribution in [3.63, 3.8) is 0 Å². The van der Waals surface area contributed by atoms with Gasteiger partial charge in [-0.2, -0.15) is 0 Å². The molecule has 4 rings (SSSR count). The van der Waals surface area contributed by atoms with Crippen LogP contribution in [0.4, 0.5) is 0 Å². The Morgan fingerprint density at radius 3 is 2.47 bits per heavy atom. The van der Waals surface area contributed by atoms with Crippen LogP contribution < -0.4 is 9.47 Å². The summed E-state index contributed by atoms with van der Waals surface area (Å²) in [5, 5.41) is 8.04. The van der Waals surface area contributed by atoms with Crippen molar-refractivity contribution >= 4 is 11.9 Å². The number of benzene rings is 2. The van der Waals surface area contributed by atoms with Gasteiger partial charge in [-0.25, -0.2) is 0 Å². The number of allylic oxidation sites excluding steroid dienone is 1. The fourth-order valence-electron chi connectivity index (χ4n) is 2.66. The molecule has 0 bridgehead atoms. The number of methoxy groups -OCH3 is 1. The van der Waals surface area contributed by atoms with Gasteiger partial charge in [-0.3, -0.25) is 4.79 Å². The Labute approximate surface area is 172 Å². The zero-order valence-electron chi connectivity index (χ0n) is 16.1. The Hall–Kier alpha value is -4.13. The van der Waals surface area contributed by atoms with Crippen molar-refractivity contribution in [3.8, 4) is 23.0 Å². The maximum atomic E-state index is 12.2. The first-order valence-corrected chi connectivity index (χ1v) is 9.17. The molecule has 0 aliphatic carbocycles. The third kappa shape index (κ3) is 4.64. The van der Waals surface area contributed by atoms with E-state index in [1.54, 1.807) is 55.8 Å². The Balaban J connectivity index is 1.34. The summed E-state index contributed by atoms with van der Waals surface area (Å²) in [6.07, 6.45) is 4.65. The average molecular weight is 402 g/mol. The third-order valence-electron chi connectivity index (χ3n) is 4.25. The second-order valence-corrected chi connectivity index (χ2v) is 6.26. The van der Waals surface area contributed by atoms with Crippen molar-refractivity contribution in [2.45, 2.75) is 6.61 Å². The van der Waals surface area contributed by atoms with Crippen LogP contribution in [0, 0.1) is 0 Å². The lowest BCUT2D eigenvalue weighted by Crippen LogP contribution is -1.97. The summed E-state index contributed by atoms with van der Waals surface area (Å²) in [5.74, 6) is 2.59. The summed E-state index contributed by atoms with van der Waals surface area (Å²) in [6.45, 7) is 0.120. The number of ether oxygens (including phenoxy) is 2. The van der Waals surface area contributed by atoms with E-state index in [1.807, 2.05) is 24.3 Å². The molecule has 0 spiro atoms. The van der Waals surface area contributed by atoms with Crippen LogP contribution in [0.25, 0.3) is 17.5 Å². The molecule has 0 saturated carbocycles. The molecule has 2 heterocycles. The molecule has 0 aliphatic heterocycles. The summed E-state index contributed by atoms with van der Waals surface area (Å²) in [6, 6.07) is 17.7. The topological polar surface area (TPSA) is 87.6 Å². The van der Waals surface area contributed by atoms with Gasteiger partial charge in [0, 0.05) is 11.1 Å². The molecule has 0 saturated heterocycles. The first-order valence-electron chi connectivity index (χ1n) is 9.17. The number of ketones is 1. The number of aromatic nitrogens is 2. The van der Waals surface area contributed by atoms with Crippen molar-refractivity contribution in [2.24, 2.45) is 0 Å². The predicted molar refractivity (Wildman–Crippen MR) is 109 cm³/mol. The highest BCUT2D eigenvalue weighted by atomic mass is 16.5. The van der Waals surface area contributed by atoms with Crippen LogP contribution in [0.15, 0.2) is 81.8 Å². The van der Waals surface area contributed by atoms with Gasteiger partial charge in [0.2, 0.25) is 5.89 Å². The first kappa shape index (κ1) is 19.2. The van der Waals surface area contributed by atoms with Gasteiger partial charge >= 0.3 is 0 Å². The number of hydrogen-bond acceptors (Lipinski definition) is 7. The highest BCUT2D eigenvalue weighted by Crippen LogP contribution is 2.22. The van der Waals surface area contributed by atoms with Gasteiger partial charge in [-0.15, -0.1) is 10.2 Å². The molecule has 0 aliphatic rings. The summed E-state index contributed by atoms with van der Waals surface area (Å²) in [4.78, 5) is 12.2. The van der Waals surface area contributed by atoms with Gasteiger partial charge < -0.3 is 18.3 Å². The largest absolute Gasteiger partial charge is 0.497 e. The Morgan fingerprint density at radius 2 is 1.77 bits per heavy atom. The molecule has 0 fully saturated rings. The second kappa shape index (κ2) is 8.91. The number of hydrogen-bond donors (Lipinski definition) is 0. The molecule has 2 aromatic carbocycles. The molecule has 0 radical (unpaired) electrons. The Bertz CT molecular complexity index is 1130. The fraction of sp³-hybridized carbons (Fsp3) is 0.0870. The molecular formula is C23H18N2O5. The van der Waals surface area contributed by atoms with Crippen LogP contribution in [-0.4, -0.2) is 23.1 Å². The van der Waals surface area contributed by atoms with E-state index in [-0.39, 0.29) is 12.4 Å². The van der Waals surface area contributed by atoms with Gasteiger partial charge in [0.15, 0.2) is 12.4 Å². The quantitative estimate of drug-likeness (QED) is 0.309. The van der Waals surface area contributed by atoms with Crippen LogP contribution in [0.5, 0.6) is 11.5 Å². The van der Waals surface area contributed by atoms with Gasteiger partial charge in [0.1, 0.15) is 17.3 Å². The number of rotatable bonds is 8. The summed E-state index contributed by atoms with van der Waals surface area (Å²) in [5.41, 5.74) is 1.34. The summed E-state index contributed by atoms with van der Waals surface area (Å²) in [7, 11) is 1.61. The van der Waals surface area contributed by atoms with Crippen molar-refractivity contribution in [1.82, 2.24) is 10.2 Å². The van der Waals surface area contributed by atoms with E-state index in [0.717, 1.165) is 11.3 Å². The molecule has 150 valence electrons. The van der Waals surface area contributed by atoms with Gasteiger partial charge in [0.25, 0.3) is 5.89 Å². The molecule has 0 atom stereocenters. The molecule has 2 aromatic heterocycles. The van der Waals surface area contributed by atoms with Gasteiger partial charge in [-0.05, 0) is 72.8 Å². The normalized spacial score (nSPS) is 11.0. The Kier molecular flexibility index (Phi) is 5.70. The molecular weight excluding hydrogens is 384 g/mol. The molecule has 0 N–H and O–H groups in total. The first-order chi connectivity index (χ1) is 14.7. The van der Waals surface area contributed by atoms with Crippen LogP contribution in [0.2, 0.25) is 0 Å². The lowest BCUT2D eigenvalue weighted by atomic mass is 10.1. The zero-order valence-corrected chi connectivity index (χ0v) is 16.1. The second-order valence-electron chi connectivity index (χ2n) is 6.26. The van der Waals surface area contributed by atoms with Gasteiger partial charge in [0.05, 0.1) is 13.4 Å². The predicted octanol–water partition coefficient (Wildman–Crippen LogP) is 4.81. The molecule has 7 nitrogen and oxygen atoms in total. The van der Waals surface area contributed by atoms with Crippen LogP contribution in [-0.2, 0) is 6.61 Å². The average Bonchev–Trinajstić information content (AvgIpc) is 3.49. The maximum Gasteiger partial charge on any atom is 0.254 e. The minimum atomic E-state index is -0.126. The zero-order chi connectivity index (χ0) is 20.8. The minimum Gasteiger partial charge on any atom is -0.497 e. The number of carbonyl (C=O) groups is 1. The minimum absolute atomic E-state index is 0.120. The molecule has 7 heteroatoms. The van der Waals surface area contributed by atoms with Crippen molar-refractivity contribution in [2.75, 3.05) is 7.11 Å². The molecule has 30 heavy (non-hydrogen) atoms. The summed E-state index contributed by atoms with van der Waals surface area (Å²) < 4.78 is 21.6. The molecule has 0 amide bonds. The molecule has 4 aromatic rings. The number of carbonyl (C=O) groups excluding carboxylic acids is 1. The maximum absolute atomic E-state index is 12.2. The van der Waals surface area contributed by atoms with Crippen molar-refractivity contribution in [3.05, 3.63) is 90.2 Å². The van der Waals surface area contributed by atoms with Crippen LogP contribution >= 0.6 is 0 Å². The Morgan fingerprint density at radius 1 is 1.00 bits per heavy atom. The SMILES string of the molecule is COc1ccc(-c2nnc(COc3ccc(C(=O)/C=C/c4ccco4)cc3)o2)cc1. The fourth-order valence-corrected chi connectivity index (χ4v) is 2.66. The smallest absolute Gasteiger partial charge is 0.254 e. The van der Waals surface area contributed by atoms with E-state index in [0.29, 0.717) is 28.9 Å². The summed E-state index contributed by atoms with van der Waals surface area (Å²) >= 11 is 0. The van der Waals surface area contributed by atoms with Crippen LogP contribution in [0.3, 0.4) is 0 Å². The van der Waals surface area contributed by atoms with E-state index < -0.39 is 0 Å². The van der Waals surface area contributed by atoms with E-state index in [2.05, 4.69) is 10.2 Å². The highest BCUT2D eigenvalue weighted by molar-refractivity contribution is 6.06. The lowest BCUT2D eigenvalue weighted by Gasteiger charge is -2.04. The standard InChI is InChI=1S/C23H18N2O5/c1-27-18-8-6-17(7-9-18)23-25-24-22(30-23)15-29-20-10-4-16(5-11-20)21(26)13-12-19-3-2-14-28-19/h2-14H,15H2,1H3/b13-12+. The third-order valence-corrected chi connectivity index (χ3v) is 4.25. The lowest BCUT2D eigenvalue weighted by molar-refractivity contribution is 0.104. The molecule has 0 unspecified atom stereocenters. The number of nitrogens with zero attached hydrogens (tertiary/aromatic N) is 2. The van der Waals surface area contributed by atoms with E-state index in [9.17, 15) is 4.79 Å². The van der Waals surface area contributed by atoms with E-state index in [4.69, 9.17) is 18.3 Å². The van der Waals surface area contributed by atoms with Crippen molar-refractivity contribution in [1.29, 1.82) is 0 Å². The highest BCUT2D eigenvalue weighted by Gasteiger charge is 2.10. The van der Waals surface area contributed by atoms with Crippen LogP contribution in [0.1, 0.15) is 22.0 Å². The van der Waals surface area contributed by atoms with E-state index in [1.165, 1.54) is 6.08 Å². The van der Waals surface area contributed by atoms with Crippen molar-refractivity contribution < 1.29 is 23.1 Å². The van der Waals surface area contributed by atoms with E-state index >= 15 is 0 Å². The number of furan rings is 1.